The van der Waals surface area contributed by atoms with Crippen molar-refractivity contribution in [3.8, 4) is 0 Å². The van der Waals surface area contributed by atoms with Crippen LogP contribution in [0, 0.1) is 0 Å². The lowest BCUT2D eigenvalue weighted by Gasteiger charge is -2.03. The molecule has 0 aromatic heterocycles. The second-order valence-corrected chi connectivity index (χ2v) is 1.94. The third-order valence-electron chi connectivity index (χ3n) is 0.864. The SMILES string of the molecule is C=C(/C=C/C(=O)O)OC(=C)CO. The molecule has 0 aliphatic heterocycles. The van der Waals surface area contributed by atoms with E-state index in [1.807, 2.05) is 0 Å². The van der Waals surface area contributed by atoms with E-state index < -0.39 is 5.97 Å². The molecule has 0 aromatic rings. The summed E-state index contributed by atoms with van der Waals surface area (Å²) >= 11 is 0. The van der Waals surface area contributed by atoms with Gasteiger partial charge in [-0.15, -0.1) is 0 Å². The molecular formula is C8H10O4. The molecule has 0 spiro atoms. The van der Waals surface area contributed by atoms with Crippen LogP contribution in [-0.2, 0) is 9.53 Å². The molecule has 0 amide bonds. The molecular weight excluding hydrogens is 160 g/mol. The fourth-order valence-electron chi connectivity index (χ4n) is 0.416. The number of aliphatic carboxylic acids is 1. The maximum absolute atomic E-state index is 10.0. The number of carbonyl (C=O) groups is 1. The van der Waals surface area contributed by atoms with Crippen molar-refractivity contribution < 1.29 is 19.7 Å². The zero-order valence-corrected chi connectivity index (χ0v) is 6.49. The molecule has 0 aliphatic rings. The van der Waals surface area contributed by atoms with E-state index in [0.717, 1.165) is 6.08 Å². The molecule has 0 saturated heterocycles. The molecule has 4 heteroatoms. The van der Waals surface area contributed by atoms with Crippen molar-refractivity contribution in [1.82, 2.24) is 0 Å². The van der Waals surface area contributed by atoms with Crippen LogP contribution in [-0.4, -0.2) is 22.8 Å². The molecule has 0 unspecified atom stereocenters. The number of carboxylic acids is 1. The highest BCUT2D eigenvalue weighted by Gasteiger charge is 1.94. The van der Waals surface area contributed by atoms with Gasteiger partial charge in [-0.25, -0.2) is 4.79 Å². The van der Waals surface area contributed by atoms with Crippen molar-refractivity contribution >= 4 is 5.97 Å². The Morgan fingerprint density at radius 2 is 2.00 bits per heavy atom. The van der Waals surface area contributed by atoms with Gasteiger partial charge in [0, 0.05) is 6.08 Å². The fraction of sp³-hybridized carbons (Fsp3) is 0.125. The molecule has 2 N–H and O–H groups in total. The lowest BCUT2D eigenvalue weighted by Crippen LogP contribution is -1.94. The highest BCUT2D eigenvalue weighted by atomic mass is 16.5. The topological polar surface area (TPSA) is 66.8 Å². The van der Waals surface area contributed by atoms with E-state index in [2.05, 4.69) is 13.2 Å². The van der Waals surface area contributed by atoms with Crippen LogP contribution >= 0.6 is 0 Å². The maximum Gasteiger partial charge on any atom is 0.328 e. The third kappa shape index (κ3) is 5.25. The molecule has 0 fully saturated rings. The molecule has 0 aromatic carbocycles. The van der Waals surface area contributed by atoms with Gasteiger partial charge in [-0.1, -0.05) is 13.2 Å². The van der Waals surface area contributed by atoms with Crippen LogP contribution in [0.2, 0.25) is 0 Å². The Morgan fingerprint density at radius 3 is 2.42 bits per heavy atom. The Morgan fingerprint density at radius 1 is 1.42 bits per heavy atom. The van der Waals surface area contributed by atoms with Gasteiger partial charge >= 0.3 is 5.97 Å². The first-order valence-electron chi connectivity index (χ1n) is 3.12. The van der Waals surface area contributed by atoms with Crippen molar-refractivity contribution in [3.05, 3.63) is 36.8 Å². The van der Waals surface area contributed by atoms with E-state index in [9.17, 15) is 4.79 Å². The predicted molar refractivity (Wildman–Crippen MR) is 43.2 cm³/mol. The Hall–Kier alpha value is -1.55. The monoisotopic (exact) mass is 170 g/mol. The van der Waals surface area contributed by atoms with E-state index in [-0.39, 0.29) is 18.1 Å². The third-order valence-corrected chi connectivity index (χ3v) is 0.864. The van der Waals surface area contributed by atoms with Crippen molar-refractivity contribution in [2.45, 2.75) is 0 Å². The number of aliphatic hydroxyl groups excluding tert-OH is 1. The van der Waals surface area contributed by atoms with Crippen LogP contribution in [0.15, 0.2) is 36.8 Å². The van der Waals surface area contributed by atoms with Gasteiger partial charge in [0.05, 0.1) is 0 Å². The van der Waals surface area contributed by atoms with E-state index in [1.165, 1.54) is 6.08 Å². The Kier molecular flexibility index (Phi) is 4.48. The van der Waals surface area contributed by atoms with Crippen LogP contribution in [0.25, 0.3) is 0 Å². The van der Waals surface area contributed by atoms with Gasteiger partial charge < -0.3 is 14.9 Å². The zero-order chi connectivity index (χ0) is 9.56. The number of hydrogen-bond acceptors (Lipinski definition) is 3. The number of hydrogen-bond donors (Lipinski definition) is 2. The molecule has 0 saturated carbocycles. The minimum atomic E-state index is -1.09. The lowest BCUT2D eigenvalue weighted by molar-refractivity contribution is -0.131. The number of allylic oxidation sites excluding steroid dienone is 1. The maximum atomic E-state index is 10.0. The predicted octanol–water partition coefficient (Wildman–Crippen LogP) is 0.663. The van der Waals surface area contributed by atoms with Gasteiger partial charge in [0.1, 0.15) is 18.1 Å². The quantitative estimate of drug-likeness (QED) is 0.361. The van der Waals surface area contributed by atoms with Gasteiger partial charge in [0.25, 0.3) is 0 Å². The minimum absolute atomic E-state index is 0.120. The standard InChI is InChI=1S/C8H10O4/c1-6(3-4-8(10)11)12-7(2)5-9/h3-4,9H,1-2,5H2,(H,10,11)/b4-3+. The first-order valence-corrected chi connectivity index (χ1v) is 3.12. The zero-order valence-electron chi connectivity index (χ0n) is 6.49. The van der Waals surface area contributed by atoms with E-state index in [0.29, 0.717) is 0 Å². The molecule has 0 bridgehead atoms. The van der Waals surface area contributed by atoms with Crippen molar-refractivity contribution in [3.63, 3.8) is 0 Å². The summed E-state index contributed by atoms with van der Waals surface area (Å²) in [5.41, 5.74) is 0. The Labute approximate surface area is 70.1 Å². The molecule has 12 heavy (non-hydrogen) atoms. The van der Waals surface area contributed by atoms with Gasteiger partial charge in [0.15, 0.2) is 0 Å². The summed E-state index contributed by atoms with van der Waals surface area (Å²) in [5, 5.41) is 16.7. The molecule has 4 nitrogen and oxygen atoms in total. The van der Waals surface area contributed by atoms with Crippen LogP contribution in [0.1, 0.15) is 0 Å². The Balaban J connectivity index is 3.90. The highest BCUT2D eigenvalue weighted by molar-refractivity contribution is 5.80. The van der Waals surface area contributed by atoms with Crippen molar-refractivity contribution in [1.29, 1.82) is 0 Å². The normalized spacial score (nSPS) is 9.75. The summed E-state index contributed by atoms with van der Waals surface area (Å²) in [6.07, 6.45) is 2.05. The molecule has 0 heterocycles. The van der Waals surface area contributed by atoms with E-state index >= 15 is 0 Å². The number of ether oxygens (including phenoxy) is 1. The second kappa shape index (κ2) is 5.15. The summed E-state index contributed by atoms with van der Waals surface area (Å²) in [7, 11) is 0. The first-order chi connectivity index (χ1) is 5.56. The van der Waals surface area contributed by atoms with Gasteiger partial charge in [-0.05, 0) is 6.08 Å². The molecule has 0 aliphatic carbocycles. The van der Waals surface area contributed by atoms with E-state index in [4.69, 9.17) is 14.9 Å². The smallest absolute Gasteiger partial charge is 0.328 e. The number of rotatable bonds is 5. The molecule has 0 radical (unpaired) electrons. The molecule has 0 atom stereocenters. The van der Waals surface area contributed by atoms with Crippen LogP contribution in [0.3, 0.4) is 0 Å². The molecule has 0 rings (SSSR count). The highest BCUT2D eigenvalue weighted by Crippen LogP contribution is 2.02. The Bertz CT molecular complexity index is 227. The van der Waals surface area contributed by atoms with Crippen LogP contribution in [0.4, 0.5) is 0 Å². The largest absolute Gasteiger partial charge is 0.478 e. The summed E-state index contributed by atoms with van der Waals surface area (Å²) in [4.78, 5) is 10.0. The van der Waals surface area contributed by atoms with Crippen molar-refractivity contribution in [2.75, 3.05) is 6.61 Å². The minimum Gasteiger partial charge on any atom is -0.478 e. The van der Waals surface area contributed by atoms with Crippen LogP contribution < -0.4 is 0 Å². The lowest BCUT2D eigenvalue weighted by atomic mass is 10.4. The van der Waals surface area contributed by atoms with Gasteiger partial charge in [0.2, 0.25) is 0 Å². The average Bonchev–Trinajstić information content (AvgIpc) is 2.00. The fourth-order valence-corrected chi connectivity index (χ4v) is 0.416. The summed E-state index contributed by atoms with van der Waals surface area (Å²) in [6.45, 7) is 6.38. The van der Waals surface area contributed by atoms with Gasteiger partial charge in [-0.2, -0.15) is 0 Å². The molecule has 66 valence electrons. The summed E-state index contributed by atoms with van der Waals surface area (Å²) < 4.78 is 4.76. The van der Waals surface area contributed by atoms with Crippen LogP contribution in [0.5, 0.6) is 0 Å². The average molecular weight is 170 g/mol. The summed E-state index contributed by atoms with van der Waals surface area (Å²) in [6, 6.07) is 0. The first kappa shape index (κ1) is 10.4. The second-order valence-electron chi connectivity index (χ2n) is 1.94. The summed E-state index contributed by atoms with van der Waals surface area (Å²) in [5.74, 6) is -0.846. The van der Waals surface area contributed by atoms with E-state index in [1.54, 1.807) is 0 Å². The number of aliphatic hydroxyl groups is 1. The number of carboxylic acid groups (broad SMARTS) is 1. The van der Waals surface area contributed by atoms with Crippen molar-refractivity contribution in [2.24, 2.45) is 0 Å². The van der Waals surface area contributed by atoms with Gasteiger partial charge in [-0.3, -0.25) is 0 Å².